The van der Waals surface area contributed by atoms with Gasteiger partial charge in [-0.05, 0) is 92.1 Å². The number of anilines is 1. The molecular formula is C39H43ClN4O3. The van der Waals surface area contributed by atoms with Gasteiger partial charge in [0.25, 0.3) is 5.91 Å². The van der Waals surface area contributed by atoms with Crippen molar-refractivity contribution >= 4 is 45.0 Å². The highest BCUT2D eigenvalue weighted by molar-refractivity contribution is 6.31. The molecule has 3 aromatic carbocycles. The first-order chi connectivity index (χ1) is 23.0. The van der Waals surface area contributed by atoms with E-state index < -0.39 is 0 Å². The third-order valence-corrected chi connectivity index (χ3v) is 9.40. The Bertz CT molecular complexity index is 1920. The van der Waals surface area contributed by atoms with Crippen LogP contribution >= 0.6 is 11.6 Å². The smallest absolute Gasteiger partial charge is 0.256 e. The molecule has 1 aliphatic rings. The number of methoxy groups -OCH3 is 1. The fourth-order valence-corrected chi connectivity index (χ4v) is 6.80. The molecule has 0 radical (unpaired) electrons. The molecular weight excluding hydrogens is 608 g/mol. The zero-order valence-corrected chi connectivity index (χ0v) is 27.9. The number of fused-ring (bicyclic) bond motifs is 3. The molecule has 5 aromatic rings. The van der Waals surface area contributed by atoms with Crippen LogP contribution in [0.4, 0.5) is 5.69 Å². The van der Waals surface area contributed by atoms with Gasteiger partial charge in [-0.3, -0.25) is 14.6 Å². The summed E-state index contributed by atoms with van der Waals surface area (Å²) in [6.45, 7) is 2.03. The molecule has 2 N–H and O–H groups in total. The summed E-state index contributed by atoms with van der Waals surface area (Å²) in [5.74, 6) is 0.471. The first-order valence-corrected chi connectivity index (χ1v) is 17.3. The van der Waals surface area contributed by atoms with E-state index in [0.717, 1.165) is 90.7 Å². The maximum Gasteiger partial charge on any atom is 0.256 e. The fourth-order valence-electron chi connectivity index (χ4n) is 6.63. The van der Waals surface area contributed by atoms with Gasteiger partial charge in [0.05, 0.1) is 18.1 Å². The molecule has 6 rings (SSSR count). The van der Waals surface area contributed by atoms with Crippen molar-refractivity contribution in [2.45, 2.75) is 70.8 Å². The molecule has 8 heteroatoms. The predicted octanol–water partition coefficient (Wildman–Crippen LogP) is 8.32. The van der Waals surface area contributed by atoms with Gasteiger partial charge in [0.2, 0.25) is 5.43 Å². The molecule has 0 fully saturated rings. The van der Waals surface area contributed by atoms with E-state index in [4.69, 9.17) is 21.3 Å². The Morgan fingerprint density at radius 2 is 1.64 bits per heavy atom. The van der Waals surface area contributed by atoms with Gasteiger partial charge in [0, 0.05) is 53.0 Å². The third-order valence-electron chi connectivity index (χ3n) is 9.16. The number of para-hydroxylation sites is 1. The number of aryl methyl sites for hydroxylation is 1. The molecule has 244 valence electrons. The topological polar surface area (TPSA) is 85.2 Å². The van der Waals surface area contributed by atoms with E-state index in [0.29, 0.717) is 18.5 Å². The van der Waals surface area contributed by atoms with Gasteiger partial charge in [-0.25, -0.2) is 0 Å². The van der Waals surface area contributed by atoms with E-state index in [9.17, 15) is 9.59 Å². The van der Waals surface area contributed by atoms with Crippen molar-refractivity contribution in [1.82, 2.24) is 14.9 Å². The number of nitrogens with one attached hydrogen (secondary N) is 2. The minimum absolute atomic E-state index is 0.177. The predicted molar refractivity (Wildman–Crippen MR) is 192 cm³/mol. The van der Waals surface area contributed by atoms with E-state index in [1.165, 1.54) is 29.8 Å². The number of aromatic nitrogens is 2. The number of unbranched alkanes of at least 4 members (excludes halogenated alkanes) is 5. The summed E-state index contributed by atoms with van der Waals surface area (Å²) < 4.78 is 7.25. The molecule has 0 aliphatic heterocycles. The average Bonchev–Trinajstić information content (AvgIpc) is 3.10. The van der Waals surface area contributed by atoms with Crippen LogP contribution in [0.15, 0.2) is 77.7 Å². The molecule has 0 bridgehead atoms. The molecule has 0 atom stereocenters. The van der Waals surface area contributed by atoms with Crippen molar-refractivity contribution in [2.24, 2.45) is 0 Å². The highest BCUT2D eigenvalue weighted by atomic mass is 35.5. The normalized spacial score (nSPS) is 12.6. The lowest BCUT2D eigenvalue weighted by atomic mass is 9.92. The molecule has 1 aliphatic carbocycles. The van der Waals surface area contributed by atoms with Crippen LogP contribution in [0.1, 0.15) is 78.5 Å². The van der Waals surface area contributed by atoms with Gasteiger partial charge in [-0.15, -0.1) is 0 Å². The number of benzene rings is 3. The maximum atomic E-state index is 13.3. The van der Waals surface area contributed by atoms with Crippen LogP contribution in [0.5, 0.6) is 5.75 Å². The van der Waals surface area contributed by atoms with Crippen LogP contribution in [0, 0.1) is 0 Å². The first-order valence-electron chi connectivity index (χ1n) is 16.9. The van der Waals surface area contributed by atoms with E-state index in [-0.39, 0.29) is 16.9 Å². The summed E-state index contributed by atoms with van der Waals surface area (Å²) in [7, 11) is 1.64. The number of halogens is 1. The monoisotopic (exact) mass is 650 g/mol. The van der Waals surface area contributed by atoms with E-state index >= 15 is 0 Å². The molecule has 7 nitrogen and oxygen atoms in total. The number of carbonyl (C=O) groups is 1. The standard InChI is InChI=1S/C39H43ClN4O3/c1-47-29-19-16-27(17-20-29)25-44-26-33(38(45)32-13-7-9-15-36(32)44)39(46)42-23-11-5-3-2-4-10-22-41-37-30-12-6-8-14-34(30)43-35-24-28(40)18-21-31(35)37/h7,9,13,15-21,24,26H,2-6,8,10-12,14,22-23,25H2,1H3,(H,41,43)(H,42,46). The van der Waals surface area contributed by atoms with Gasteiger partial charge >= 0.3 is 0 Å². The largest absolute Gasteiger partial charge is 0.497 e. The van der Waals surface area contributed by atoms with Crippen molar-refractivity contribution < 1.29 is 9.53 Å². The summed E-state index contributed by atoms with van der Waals surface area (Å²) >= 11 is 6.27. The number of hydrogen-bond acceptors (Lipinski definition) is 5. The number of pyridine rings is 2. The van der Waals surface area contributed by atoms with Gasteiger partial charge < -0.3 is 19.9 Å². The van der Waals surface area contributed by atoms with Gasteiger partial charge in [-0.2, -0.15) is 0 Å². The van der Waals surface area contributed by atoms with Gasteiger partial charge in [-0.1, -0.05) is 61.5 Å². The molecule has 0 saturated carbocycles. The summed E-state index contributed by atoms with van der Waals surface area (Å²) in [6, 6.07) is 21.3. The van der Waals surface area contributed by atoms with Gasteiger partial charge in [0.1, 0.15) is 11.3 Å². The molecule has 0 spiro atoms. The van der Waals surface area contributed by atoms with E-state index in [2.05, 4.69) is 16.7 Å². The number of carbonyl (C=O) groups excluding carboxylic acids is 1. The molecule has 1 amide bonds. The summed E-state index contributed by atoms with van der Waals surface area (Å²) in [5.41, 5.74) is 6.63. The number of amides is 1. The Kier molecular flexibility index (Phi) is 10.7. The van der Waals surface area contributed by atoms with Crippen molar-refractivity contribution in [3.63, 3.8) is 0 Å². The van der Waals surface area contributed by atoms with Crippen molar-refractivity contribution in [3.8, 4) is 5.75 Å². The van der Waals surface area contributed by atoms with Crippen LogP contribution in [0.2, 0.25) is 5.02 Å². The Hall–Kier alpha value is -4.36. The average molecular weight is 651 g/mol. The van der Waals surface area contributed by atoms with Crippen LogP contribution in [0.3, 0.4) is 0 Å². The zero-order chi connectivity index (χ0) is 32.6. The Morgan fingerprint density at radius 1 is 0.894 bits per heavy atom. The minimum Gasteiger partial charge on any atom is -0.497 e. The second-order valence-electron chi connectivity index (χ2n) is 12.4. The third kappa shape index (κ3) is 7.79. The number of hydrogen-bond donors (Lipinski definition) is 2. The van der Waals surface area contributed by atoms with Crippen molar-refractivity contribution in [3.05, 3.63) is 111 Å². The minimum atomic E-state index is -0.316. The molecule has 0 saturated heterocycles. The maximum absolute atomic E-state index is 13.3. The molecule has 47 heavy (non-hydrogen) atoms. The van der Waals surface area contributed by atoms with E-state index in [1.54, 1.807) is 19.4 Å². The van der Waals surface area contributed by atoms with Crippen LogP contribution in [-0.2, 0) is 19.4 Å². The molecule has 0 unspecified atom stereocenters. The second kappa shape index (κ2) is 15.5. The molecule has 2 heterocycles. The Labute approximate surface area is 281 Å². The van der Waals surface area contributed by atoms with E-state index in [1.807, 2.05) is 59.2 Å². The number of nitrogens with zero attached hydrogens (tertiary/aromatic N) is 2. The lowest BCUT2D eigenvalue weighted by molar-refractivity contribution is 0.0951. The molecule has 2 aromatic heterocycles. The number of rotatable bonds is 14. The Morgan fingerprint density at radius 3 is 2.45 bits per heavy atom. The second-order valence-corrected chi connectivity index (χ2v) is 12.9. The highest BCUT2D eigenvalue weighted by Gasteiger charge is 2.18. The van der Waals surface area contributed by atoms with Crippen LogP contribution < -0.4 is 20.8 Å². The van der Waals surface area contributed by atoms with Crippen molar-refractivity contribution in [1.29, 1.82) is 0 Å². The summed E-state index contributed by atoms with van der Waals surface area (Å²) in [6.07, 6.45) is 12.7. The van der Waals surface area contributed by atoms with Crippen LogP contribution in [-0.4, -0.2) is 35.7 Å². The van der Waals surface area contributed by atoms with Gasteiger partial charge in [0.15, 0.2) is 0 Å². The Balaban J connectivity index is 0.956. The quantitative estimate of drug-likeness (QED) is 0.118. The zero-order valence-electron chi connectivity index (χ0n) is 27.1. The lowest BCUT2D eigenvalue weighted by Gasteiger charge is -2.22. The fraction of sp³-hybridized carbons (Fsp3) is 0.359. The lowest BCUT2D eigenvalue weighted by Crippen LogP contribution is -2.30. The summed E-state index contributed by atoms with van der Waals surface area (Å²) in [5, 5.41) is 9.18. The van der Waals surface area contributed by atoms with Crippen LogP contribution in [0.25, 0.3) is 21.8 Å². The highest BCUT2D eigenvalue weighted by Crippen LogP contribution is 2.34. The van der Waals surface area contributed by atoms with Crippen molar-refractivity contribution in [2.75, 3.05) is 25.5 Å². The SMILES string of the molecule is COc1ccc(Cn2cc(C(=O)NCCCCCCCCNc3c4c(nc5cc(Cl)ccc35)CCCC4)c(=O)c3ccccc32)cc1. The first kappa shape index (κ1) is 32.6. The number of ether oxygens (including phenoxy) is 1. The summed E-state index contributed by atoms with van der Waals surface area (Å²) in [4.78, 5) is 31.3.